The molecule has 1 aliphatic rings. The highest BCUT2D eigenvalue weighted by molar-refractivity contribution is 6.31. The maximum absolute atomic E-state index is 14.6. The molecule has 0 bridgehead atoms. The minimum absolute atomic E-state index is 0.0163. The summed E-state index contributed by atoms with van der Waals surface area (Å²) in [5, 5.41) is 11.2. The molecule has 35 heavy (non-hydrogen) atoms. The number of halogens is 2. The van der Waals surface area contributed by atoms with Crippen molar-refractivity contribution in [3.8, 4) is 22.4 Å². The van der Waals surface area contributed by atoms with Crippen molar-refractivity contribution < 1.29 is 14.3 Å². The van der Waals surface area contributed by atoms with Crippen molar-refractivity contribution in [2.75, 3.05) is 11.1 Å². The van der Waals surface area contributed by atoms with Gasteiger partial charge in [0, 0.05) is 40.5 Å². The number of rotatable bonds is 7. The monoisotopic (exact) mass is 491 g/mol. The first-order valence-electron chi connectivity index (χ1n) is 11.2. The van der Waals surface area contributed by atoms with Crippen LogP contribution in [0.15, 0.2) is 67.3 Å². The largest absolute Gasteiger partial charge is 0.465 e. The van der Waals surface area contributed by atoms with Crippen LogP contribution in [-0.4, -0.2) is 25.7 Å². The molecule has 1 aliphatic carbocycles. The molecule has 1 atom stereocenters. The van der Waals surface area contributed by atoms with Crippen LogP contribution in [0.5, 0.6) is 0 Å². The van der Waals surface area contributed by atoms with Crippen molar-refractivity contribution in [3.63, 3.8) is 0 Å². The molecule has 178 valence electrons. The lowest BCUT2D eigenvalue weighted by atomic mass is 10.0. The first-order chi connectivity index (χ1) is 16.9. The molecule has 0 aliphatic heterocycles. The number of carboxylic acid groups (broad SMARTS) is 1. The standard InChI is InChI=1S/C26H23ClFN5O2/c27-19-8-9-20(29)24(25(19)28)17-5-10-21(30-12-17)23(11-15-1-2-15)33-13-22(31-14-33)16-3-6-18(7-4-16)32-26(34)35/h3-10,12-15,23,32H,1-2,11,29H2,(H,34,35). The lowest BCUT2D eigenvalue weighted by Gasteiger charge is -2.18. The van der Waals surface area contributed by atoms with Crippen LogP contribution in [0.3, 0.4) is 0 Å². The Bertz CT molecular complexity index is 1370. The van der Waals surface area contributed by atoms with Gasteiger partial charge in [-0.1, -0.05) is 42.6 Å². The lowest BCUT2D eigenvalue weighted by Crippen LogP contribution is -2.11. The Hall–Kier alpha value is -3.91. The molecule has 2 aromatic heterocycles. The van der Waals surface area contributed by atoms with Gasteiger partial charge in [-0.15, -0.1) is 0 Å². The Kier molecular flexibility index (Phi) is 6.13. The maximum Gasteiger partial charge on any atom is 0.409 e. The minimum atomic E-state index is -1.11. The third-order valence-electron chi connectivity index (χ3n) is 6.19. The summed E-state index contributed by atoms with van der Waals surface area (Å²) in [7, 11) is 0. The van der Waals surface area contributed by atoms with E-state index in [4.69, 9.17) is 22.4 Å². The highest BCUT2D eigenvalue weighted by atomic mass is 35.5. The van der Waals surface area contributed by atoms with Crippen LogP contribution < -0.4 is 11.1 Å². The van der Waals surface area contributed by atoms with Gasteiger partial charge in [0.1, 0.15) is 0 Å². The second-order valence-corrected chi connectivity index (χ2v) is 9.11. The van der Waals surface area contributed by atoms with E-state index in [0.717, 1.165) is 23.4 Å². The summed E-state index contributed by atoms with van der Waals surface area (Å²) in [6.45, 7) is 0. The van der Waals surface area contributed by atoms with Gasteiger partial charge in [0.05, 0.1) is 28.8 Å². The zero-order valence-electron chi connectivity index (χ0n) is 18.7. The van der Waals surface area contributed by atoms with Crippen molar-refractivity contribution in [2.45, 2.75) is 25.3 Å². The number of benzene rings is 2. The van der Waals surface area contributed by atoms with Crippen molar-refractivity contribution in [3.05, 3.63) is 83.8 Å². The molecule has 0 saturated heterocycles. The summed E-state index contributed by atoms with van der Waals surface area (Å²) in [5.41, 5.74) is 10.1. The van der Waals surface area contributed by atoms with E-state index >= 15 is 0 Å². The number of nitrogens with two attached hydrogens (primary N) is 1. The fraction of sp³-hybridized carbons (Fsp3) is 0.192. The van der Waals surface area contributed by atoms with Crippen LogP contribution in [0.1, 0.15) is 31.0 Å². The second kappa shape index (κ2) is 9.38. The Balaban J connectivity index is 1.42. The predicted octanol–water partition coefficient (Wildman–Crippen LogP) is 6.47. The summed E-state index contributed by atoms with van der Waals surface area (Å²) in [4.78, 5) is 20.1. The Morgan fingerprint density at radius 3 is 2.54 bits per heavy atom. The van der Waals surface area contributed by atoms with E-state index in [1.807, 2.05) is 35.0 Å². The number of nitrogens with one attached hydrogen (secondary N) is 1. The van der Waals surface area contributed by atoms with E-state index in [1.165, 1.54) is 18.9 Å². The third-order valence-corrected chi connectivity index (χ3v) is 6.48. The molecule has 7 nitrogen and oxygen atoms in total. The Morgan fingerprint density at radius 2 is 1.89 bits per heavy atom. The van der Waals surface area contributed by atoms with Crippen molar-refractivity contribution in [1.82, 2.24) is 14.5 Å². The van der Waals surface area contributed by atoms with Crippen LogP contribution in [0.2, 0.25) is 5.02 Å². The molecule has 5 rings (SSSR count). The third kappa shape index (κ3) is 4.97. The van der Waals surface area contributed by atoms with Gasteiger partial charge in [-0.3, -0.25) is 10.3 Å². The van der Waals surface area contributed by atoms with Gasteiger partial charge in [0.2, 0.25) is 0 Å². The summed E-state index contributed by atoms with van der Waals surface area (Å²) >= 11 is 5.95. The summed E-state index contributed by atoms with van der Waals surface area (Å²) in [5.74, 6) is 0.0780. The number of carbonyl (C=O) groups is 1. The van der Waals surface area contributed by atoms with Gasteiger partial charge in [0.15, 0.2) is 5.82 Å². The quantitative estimate of drug-likeness (QED) is 0.257. The average Bonchev–Trinajstić information content (AvgIpc) is 3.54. The van der Waals surface area contributed by atoms with Crippen molar-refractivity contribution in [2.24, 2.45) is 5.92 Å². The molecule has 4 aromatic rings. The number of nitrogen functional groups attached to an aromatic ring is 1. The zero-order chi connectivity index (χ0) is 24.5. The maximum atomic E-state index is 14.6. The van der Waals surface area contributed by atoms with E-state index < -0.39 is 11.9 Å². The van der Waals surface area contributed by atoms with Gasteiger partial charge >= 0.3 is 6.09 Å². The van der Waals surface area contributed by atoms with E-state index in [2.05, 4.69) is 15.3 Å². The van der Waals surface area contributed by atoms with E-state index in [-0.39, 0.29) is 16.6 Å². The normalized spacial score (nSPS) is 14.0. The highest BCUT2D eigenvalue weighted by Gasteiger charge is 2.28. The number of anilines is 2. The second-order valence-electron chi connectivity index (χ2n) is 8.71. The molecule has 9 heteroatoms. The van der Waals surface area contributed by atoms with Crippen LogP contribution in [0, 0.1) is 11.7 Å². The number of imidazole rings is 1. The number of pyridine rings is 1. The Labute approximate surface area is 206 Å². The van der Waals surface area contributed by atoms with E-state index in [1.54, 1.807) is 30.7 Å². The fourth-order valence-corrected chi connectivity index (χ4v) is 4.34. The molecular formula is C26H23ClFN5O2. The molecule has 2 heterocycles. The van der Waals surface area contributed by atoms with Crippen LogP contribution in [0.4, 0.5) is 20.6 Å². The first-order valence-corrected chi connectivity index (χ1v) is 11.6. The smallest absolute Gasteiger partial charge is 0.409 e. The van der Waals surface area contributed by atoms with Crippen LogP contribution in [-0.2, 0) is 0 Å². The van der Waals surface area contributed by atoms with Crippen LogP contribution >= 0.6 is 11.6 Å². The van der Waals surface area contributed by atoms with Gasteiger partial charge in [0.25, 0.3) is 0 Å². The Morgan fingerprint density at radius 1 is 1.14 bits per heavy atom. The molecule has 1 amide bonds. The molecule has 1 unspecified atom stereocenters. The topological polar surface area (TPSA) is 106 Å². The van der Waals surface area contributed by atoms with Gasteiger partial charge in [-0.05, 0) is 42.7 Å². The van der Waals surface area contributed by atoms with Crippen molar-refractivity contribution in [1.29, 1.82) is 0 Å². The molecule has 4 N–H and O–H groups in total. The number of hydrogen-bond donors (Lipinski definition) is 3. The minimum Gasteiger partial charge on any atom is -0.465 e. The summed E-state index contributed by atoms with van der Waals surface area (Å²) in [6.07, 6.45) is 7.59. The molecular weight excluding hydrogens is 469 g/mol. The van der Waals surface area contributed by atoms with Gasteiger partial charge < -0.3 is 15.4 Å². The van der Waals surface area contributed by atoms with Gasteiger partial charge in [-0.25, -0.2) is 14.2 Å². The SMILES string of the molecule is Nc1ccc(Cl)c(F)c1-c1ccc(C(CC2CC2)n2cnc(-c3ccc(NC(=O)O)cc3)c2)nc1. The first kappa shape index (κ1) is 22.9. The molecule has 0 spiro atoms. The molecule has 2 aromatic carbocycles. The fourth-order valence-electron chi connectivity index (χ4n) is 4.18. The van der Waals surface area contributed by atoms with E-state index in [0.29, 0.717) is 22.9 Å². The van der Waals surface area contributed by atoms with Crippen LogP contribution in [0.25, 0.3) is 22.4 Å². The highest BCUT2D eigenvalue weighted by Crippen LogP contribution is 2.40. The predicted molar refractivity (Wildman–Crippen MR) is 134 cm³/mol. The number of aromatic nitrogens is 3. The van der Waals surface area contributed by atoms with E-state index in [9.17, 15) is 9.18 Å². The number of nitrogens with zero attached hydrogens (tertiary/aromatic N) is 3. The van der Waals surface area contributed by atoms with Gasteiger partial charge in [-0.2, -0.15) is 0 Å². The number of amides is 1. The summed E-state index contributed by atoms with van der Waals surface area (Å²) < 4.78 is 16.7. The molecule has 1 fully saturated rings. The average molecular weight is 492 g/mol. The number of hydrogen-bond acceptors (Lipinski definition) is 4. The molecule has 1 saturated carbocycles. The van der Waals surface area contributed by atoms with Crippen molar-refractivity contribution >= 4 is 29.1 Å². The lowest BCUT2D eigenvalue weighted by molar-refractivity contribution is 0.209. The molecule has 0 radical (unpaired) electrons. The zero-order valence-corrected chi connectivity index (χ0v) is 19.4. The summed E-state index contributed by atoms with van der Waals surface area (Å²) in [6, 6.07) is 13.8.